The molecule has 0 atom stereocenters. The summed E-state index contributed by atoms with van der Waals surface area (Å²) >= 11 is 12.2. The molecule has 0 aromatic heterocycles. The van der Waals surface area contributed by atoms with Gasteiger partial charge in [0.15, 0.2) is 0 Å². The number of methoxy groups -OCH3 is 1. The van der Waals surface area contributed by atoms with E-state index in [0.717, 1.165) is 24.3 Å². The molecule has 0 spiro atoms. The molecular formula is C20H22Cl2F3N3O5S. The van der Waals surface area contributed by atoms with E-state index in [1.807, 2.05) is 6.92 Å². The fraction of sp³-hybridized carbons (Fsp3) is 0.350. The van der Waals surface area contributed by atoms with Gasteiger partial charge in [0.1, 0.15) is 5.75 Å². The maximum absolute atomic E-state index is 13.0. The van der Waals surface area contributed by atoms with Crippen molar-refractivity contribution < 1.29 is 36.2 Å². The van der Waals surface area contributed by atoms with Crippen molar-refractivity contribution in [2.45, 2.75) is 24.4 Å². The summed E-state index contributed by atoms with van der Waals surface area (Å²) in [6.45, 7) is 2.39. The number of anilines is 1. The summed E-state index contributed by atoms with van der Waals surface area (Å²) in [6, 6.07) is 4.87. The standard InChI is InChI=1S/C20H22Cl2F3N3O5S/c1-3-5-28(18-16(21)9-13(10-17(18)22)20(23,24)25)6-4-26-27-34(31,32)15-8-12(19(29)30)7-14(11-15)33-2/h7-11,26-27H,3-6H2,1-2H3,(H,29,30). The molecule has 2 aromatic rings. The predicted octanol–water partition coefficient (Wildman–Crippen LogP) is 4.42. The van der Waals surface area contributed by atoms with Gasteiger partial charge in [-0.1, -0.05) is 30.1 Å². The highest BCUT2D eigenvalue weighted by Gasteiger charge is 2.32. The highest BCUT2D eigenvalue weighted by Crippen LogP contribution is 2.40. The number of halogens is 5. The van der Waals surface area contributed by atoms with Crippen LogP contribution in [0, 0.1) is 0 Å². The summed E-state index contributed by atoms with van der Waals surface area (Å²) in [5, 5.41) is 8.78. The molecule has 0 aliphatic rings. The molecular weight excluding hydrogens is 522 g/mol. The molecule has 2 rings (SSSR count). The zero-order chi connectivity index (χ0) is 25.7. The number of rotatable bonds is 11. The average molecular weight is 544 g/mol. The minimum atomic E-state index is -4.61. The molecule has 14 heteroatoms. The monoisotopic (exact) mass is 543 g/mol. The molecule has 0 radical (unpaired) electrons. The predicted molar refractivity (Wildman–Crippen MR) is 122 cm³/mol. The van der Waals surface area contributed by atoms with Crippen molar-refractivity contribution in [1.29, 1.82) is 0 Å². The molecule has 0 aliphatic heterocycles. The van der Waals surface area contributed by atoms with Gasteiger partial charge in [-0.05, 0) is 30.7 Å². The fourth-order valence-corrected chi connectivity index (χ4v) is 4.69. The number of carboxylic acids is 1. The number of hydrogen-bond acceptors (Lipinski definition) is 6. The molecule has 0 saturated carbocycles. The van der Waals surface area contributed by atoms with Crippen LogP contribution >= 0.6 is 23.2 Å². The third-order valence-corrected chi connectivity index (χ3v) is 6.39. The van der Waals surface area contributed by atoms with Crippen molar-refractivity contribution >= 4 is 44.9 Å². The zero-order valence-electron chi connectivity index (χ0n) is 18.0. The van der Waals surface area contributed by atoms with Crippen LogP contribution in [-0.2, 0) is 16.2 Å². The van der Waals surface area contributed by atoms with E-state index in [9.17, 15) is 26.4 Å². The van der Waals surface area contributed by atoms with Crippen molar-refractivity contribution in [3.63, 3.8) is 0 Å². The van der Waals surface area contributed by atoms with Gasteiger partial charge in [0.05, 0.1) is 38.9 Å². The van der Waals surface area contributed by atoms with Crippen molar-refractivity contribution in [3.05, 3.63) is 51.5 Å². The number of benzene rings is 2. The van der Waals surface area contributed by atoms with Gasteiger partial charge in [0, 0.05) is 25.7 Å². The molecule has 0 amide bonds. The van der Waals surface area contributed by atoms with Crippen LogP contribution in [-0.4, -0.2) is 46.2 Å². The molecule has 8 nitrogen and oxygen atoms in total. The number of aromatic carboxylic acids is 1. The van der Waals surface area contributed by atoms with Gasteiger partial charge in [-0.15, -0.1) is 4.83 Å². The Morgan fingerprint density at radius 1 is 1.12 bits per heavy atom. The van der Waals surface area contributed by atoms with Crippen LogP contribution < -0.4 is 19.9 Å². The van der Waals surface area contributed by atoms with Crippen molar-refractivity contribution in [3.8, 4) is 5.75 Å². The summed E-state index contributed by atoms with van der Waals surface area (Å²) in [5.41, 5.74) is 1.45. The minimum Gasteiger partial charge on any atom is -0.497 e. The highest BCUT2D eigenvalue weighted by molar-refractivity contribution is 7.89. The Morgan fingerprint density at radius 2 is 1.74 bits per heavy atom. The molecule has 0 heterocycles. The lowest BCUT2D eigenvalue weighted by Crippen LogP contribution is -2.42. The van der Waals surface area contributed by atoms with Gasteiger partial charge in [0.2, 0.25) is 0 Å². The third kappa shape index (κ3) is 7.12. The van der Waals surface area contributed by atoms with Crippen molar-refractivity contribution in [1.82, 2.24) is 10.3 Å². The number of nitrogens with zero attached hydrogens (tertiary/aromatic N) is 1. The van der Waals surface area contributed by atoms with E-state index in [2.05, 4.69) is 10.3 Å². The van der Waals surface area contributed by atoms with E-state index in [-0.39, 0.29) is 45.0 Å². The molecule has 0 unspecified atom stereocenters. The molecule has 0 bridgehead atoms. The minimum absolute atomic E-state index is 0.0165. The lowest BCUT2D eigenvalue weighted by Gasteiger charge is -2.27. The van der Waals surface area contributed by atoms with Crippen LogP contribution in [0.3, 0.4) is 0 Å². The molecule has 188 valence electrons. The Labute approximate surface area is 204 Å². The molecule has 34 heavy (non-hydrogen) atoms. The SMILES string of the molecule is CCCN(CCNNS(=O)(=O)c1cc(OC)cc(C(=O)O)c1)c1c(Cl)cc(C(F)(F)F)cc1Cl. The second-order valence-corrected chi connectivity index (χ2v) is 9.50. The van der Waals surface area contributed by atoms with E-state index in [1.54, 1.807) is 4.90 Å². The number of carbonyl (C=O) groups is 1. The molecule has 0 fully saturated rings. The van der Waals surface area contributed by atoms with Gasteiger partial charge < -0.3 is 14.7 Å². The lowest BCUT2D eigenvalue weighted by atomic mass is 10.1. The number of alkyl halides is 3. The van der Waals surface area contributed by atoms with Crippen LogP contribution in [0.5, 0.6) is 5.75 Å². The van der Waals surface area contributed by atoms with Crippen LogP contribution in [0.2, 0.25) is 10.0 Å². The second-order valence-electron chi connectivity index (χ2n) is 7.01. The first-order chi connectivity index (χ1) is 15.8. The number of sulfonamides is 1. The number of carboxylic acid groups (broad SMARTS) is 1. The van der Waals surface area contributed by atoms with Gasteiger partial charge in [0.25, 0.3) is 10.0 Å². The Hall–Kier alpha value is -2.25. The third-order valence-electron chi connectivity index (χ3n) is 4.54. The summed E-state index contributed by atoms with van der Waals surface area (Å²) in [5.74, 6) is -1.29. The van der Waals surface area contributed by atoms with Gasteiger partial charge in [-0.25, -0.2) is 18.6 Å². The molecule has 0 saturated heterocycles. The lowest BCUT2D eigenvalue weighted by molar-refractivity contribution is -0.137. The summed E-state index contributed by atoms with van der Waals surface area (Å²) in [7, 11) is -2.90. The highest BCUT2D eigenvalue weighted by atomic mass is 35.5. The number of ether oxygens (including phenoxy) is 1. The maximum Gasteiger partial charge on any atom is 0.416 e. The van der Waals surface area contributed by atoms with Crippen LogP contribution in [0.4, 0.5) is 18.9 Å². The second kappa shape index (κ2) is 11.5. The van der Waals surface area contributed by atoms with E-state index >= 15 is 0 Å². The molecule has 0 aliphatic carbocycles. The van der Waals surface area contributed by atoms with Crippen molar-refractivity contribution in [2.24, 2.45) is 0 Å². The van der Waals surface area contributed by atoms with E-state index in [0.29, 0.717) is 13.0 Å². The normalized spacial score (nSPS) is 12.0. The number of hydrogen-bond donors (Lipinski definition) is 3. The largest absolute Gasteiger partial charge is 0.497 e. The summed E-state index contributed by atoms with van der Waals surface area (Å²) in [6.07, 6.45) is -4.00. The number of nitrogens with one attached hydrogen (secondary N) is 2. The topological polar surface area (TPSA) is 108 Å². The first kappa shape index (κ1) is 28.0. The van der Waals surface area contributed by atoms with E-state index in [1.165, 1.54) is 13.2 Å². The zero-order valence-corrected chi connectivity index (χ0v) is 20.4. The molecule has 3 N–H and O–H groups in total. The average Bonchev–Trinajstić information content (AvgIpc) is 2.75. The van der Waals surface area contributed by atoms with Gasteiger partial charge in [-0.3, -0.25) is 0 Å². The van der Waals surface area contributed by atoms with Crippen LogP contribution in [0.25, 0.3) is 0 Å². The quantitative estimate of drug-likeness (QED) is 0.284. The summed E-state index contributed by atoms with van der Waals surface area (Å²) in [4.78, 5) is 14.7. The van der Waals surface area contributed by atoms with E-state index in [4.69, 9.17) is 33.0 Å². The Morgan fingerprint density at radius 3 is 2.24 bits per heavy atom. The number of hydrazine groups is 1. The van der Waals surface area contributed by atoms with Gasteiger partial charge in [-0.2, -0.15) is 13.2 Å². The first-order valence-corrected chi connectivity index (χ1v) is 12.0. The van der Waals surface area contributed by atoms with E-state index < -0.39 is 27.7 Å². The van der Waals surface area contributed by atoms with Crippen molar-refractivity contribution in [2.75, 3.05) is 31.6 Å². The fourth-order valence-electron chi connectivity index (χ4n) is 3.00. The molecule has 2 aromatic carbocycles. The van der Waals surface area contributed by atoms with Crippen LogP contribution in [0.1, 0.15) is 29.3 Å². The maximum atomic E-state index is 13.0. The Bertz CT molecular complexity index is 1120. The Balaban J connectivity index is 2.14. The Kier molecular flexibility index (Phi) is 9.43. The van der Waals surface area contributed by atoms with Crippen LogP contribution in [0.15, 0.2) is 35.2 Å². The summed E-state index contributed by atoms with van der Waals surface area (Å²) < 4.78 is 69.1. The first-order valence-electron chi connectivity index (χ1n) is 9.78. The van der Waals surface area contributed by atoms with Gasteiger partial charge >= 0.3 is 12.1 Å². The smallest absolute Gasteiger partial charge is 0.416 e.